The van der Waals surface area contributed by atoms with Crippen molar-refractivity contribution < 1.29 is 14.3 Å². The Labute approximate surface area is 102 Å². The predicted octanol–water partition coefficient (Wildman–Crippen LogP) is 2.95. The lowest BCUT2D eigenvalue weighted by Gasteiger charge is -2.08. The van der Waals surface area contributed by atoms with E-state index in [2.05, 4.69) is 0 Å². The number of carbonyl (C=O) groups excluding carboxylic acids is 2. The van der Waals surface area contributed by atoms with Crippen LogP contribution in [0.25, 0.3) is 0 Å². The number of ether oxygens (including phenoxy) is 1. The van der Waals surface area contributed by atoms with Gasteiger partial charge in [-0.2, -0.15) is 0 Å². The fraction of sp³-hybridized carbons (Fsp3) is 0.429. The van der Waals surface area contributed by atoms with E-state index in [-0.39, 0.29) is 18.0 Å². The third kappa shape index (κ3) is 4.02. The third-order valence-electron chi connectivity index (χ3n) is 2.50. The maximum absolute atomic E-state index is 11.8. The summed E-state index contributed by atoms with van der Waals surface area (Å²) in [5.74, 6) is 0.850. The van der Waals surface area contributed by atoms with Gasteiger partial charge in [0.25, 0.3) is 0 Å². The summed E-state index contributed by atoms with van der Waals surface area (Å²) in [6.45, 7) is 5.94. The molecule has 3 nitrogen and oxygen atoms in total. The van der Waals surface area contributed by atoms with Gasteiger partial charge in [0.1, 0.15) is 11.5 Å². The second-order valence-corrected chi connectivity index (χ2v) is 4.04. The first-order chi connectivity index (χ1) is 8.04. The molecule has 0 bridgehead atoms. The Hall–Kier alpha value is -1.64. The standard InChI is InChI=1S/C14H18O3/c1-4-17-14-8-6-12(9-10(14)2)13(16)7-5-11(3)15/h6,8-9H,4-5,7H2,1-3H3. The maximum Gasteiger partial charge on any atom is 0.163 e. The normalized spacial score (nSPS) is 10.1. The van der Waals surface area contributed by atoms with E-state index in [0.717, 1.165) is 11.3 Å². The second-order valence-electron chi connectivity index (χ2n) is 4.04. The second kappa shape index (κ2) is 6.18. The van der Waals surface area contributed by atoms with Gasteiger partial charge in [0.2, 0.25) is 0 Å². The van der Waals surface area contributed by atoms with Crippen molar-refractivity contribution in [1.82, 2.24) is 0 Å². The quantitative estimate of drug-likeness (QED) is 0.711. The number of ketones is 2. The summed E-state index contributed by atoms with van der Waals surface area (Å²) in [6.07, 6.45) is 0.591. The fourth-order valence-corrected chi connectivity index (χ4v) is 1.57. The van der Waals surface area contributed by atoms with Crippen LogP contribution in [0.4, 0.5) is 0 Å². The molecule has 0 fully saturated rings. The SMILES string of the molecule is CCOc1ccc(C(=O)CCC(C)=O)cc1C. The highest BCUT2D eigenvalue weighted by atomic mass is 16.5. The van der Waals surface area contributed by atoms with Crippen molar-refractivity contribution in [2.24, 2.45) is 0 Å². The molecule has 0 spiro atoms. The summed E-state index contributed by atoms with van der Waals surface area (Å²) < 4.78 is 5.40. The zero-order chi connectivity index (χ0) is 12.8. The van der Waals surface area contributed by atoms with Crippen molar-refractivity contribution in [2.45, 2.75) is 33.6 Å². The van der Waals surface area contributed by atoms with Crippen molar-refractivity contribution in [3.8, 4) is 5.75 Å². The van der Waals surface area contributed by atoms with Crippen molar-refractivity contribution in [1.29, 1.82) is 0 Å². The Morgan fingerprint density at radius 1 is 1.24 bits per heavy atom. The van der Waals surface area contributed by atoms with Crippen LogP contribution in [0.3, 0.4) is 0 Å². The number of benzene rings is 1. The van der Waals surface area contributed by atoms with Crippen molar-refractivity contribution in [3.63, 3.8) is 0 Å². The topological polar surface area (TPSA) is 43.4 Å². The van der Waals surface area contributed by atoms with Gasteiger partial charge < -0.3 is 9.53 Å². The predicted molar refractivity (Wildman–Crippen MR) is 66.6 cm³/mol. The number of aryl methyl sites for hydroxylation is 1. The molecule has 0 amide bonds. The van der Waals surface area contributed by atoms with E-state index in [1.807, 2.05) is 19.9 Å². The molecular formula is C14H18O3. The summed E-state index contributed by atoms with van der Waals surface area (Å²) in [7, 11) is 0. The zero-order valence-corrected chi connectivity index (χ0v) is 10.6. The first-order valence-corrected chi connectivity index (χ1v) is 5.80. The van der Waals surface area contributed by atoms with Crippen LogP contribution in [0.1, 0.15) is 42.6 Å². The zero-order valence-electron chi connectivity index (χ0n) is 10.6. The van der Waals surface area contributed by atoms with Crippen LogP contribution < -0.4 is 4.74 Å². The largest absolute Gasteiger partial charge is 0.494 e. The molecule has 0 aromatic heterocycles. The summed E-state index contributed by atoms with van der Waals surface area (Å²) in [5.41, 5.74) is 1.59. The van der Waals surface area contributed by atoms with Crippen molar-refractivity contribution in [3.05, 3.63) is 29.3 Å². The lowest BCUT2D eigenvalue weighted by atomic mass is 10.0. The smallest absolute Gasteiger partial charge is 0.163 e. The monoisotopic (exact) mass is 234 g/mol. The number of rotatable bonds is 6. The first-order valence-electron chi connectivity index (χ1n) is 5.80. The molecule has 0 aliphatic carbocycles. The Balaban J connectivity index is 2.75. The van der Waals surface area contributed by atoms with Crippen LogP contribution in [-0.4, -0.2) is 18.2 Å². The molecular weight excluding hydrogens is 216 g/mol. The van der Waals surface area contributed by atoms with Crippen LogP contribution in [0.5, 0.6) is 5.75 Å². The molecule has 0 aliphatic heterocycles. The Morgan fingerprint density at radius 2 is 1.94 bits per heavy atom. The highest BCUT2D eigenvalue weighted by Crippen LogP contribution is 2.20. The van der Waals surface area contributed by atoms with Gasteiger partial charge in [-0.25, -0.2) is 0 Å². The van der Waals surface area contributed by atoms with Crippen LogP contribution in [0.2, 0.25) is 0 Å². The molecule has 17 heavy (non-hydrogen) atoms. The average molecular weight is 234 g/mol. The van der Waals surface area contributed by atoms with Crippen LogP contribution in [0, 0.1) is 6.92 Å². The highest BCUT2D eigenvalue weighted by molar-refractivity contribution is 5.98. The molecule has 3 heteroatoms. The number of hydrogen-bond donors (Lipinski definition) is 0. The molecule has 1 rings (SSSR count). The van der Waals surface area contributed by atoms with E-state index in [0.29, 0.717) is 18.6 Å². The van der Waals surface area contributed by atoms with Gasteiger partial charge in [0.15, 0.2) is 5.78 Å². The molecule has 0 saturated heterocycles. The van der Waals surface area contributed by atoms with Crippen LogP contribution in [0.15, 0.2) is 18.2 Å². The van der Waals surface area contributed by atoms with Crippen molar-refractivity contribution in [2.75, 3.05) is 6.61 Å². The maximum atomic E-state index is 11.8. The minimum Gasteiger partial charge on any atom is -0.494 e. The lowest BCUT2D eigenvalue weighted by molar-refractivity contribution is -0.116. The van der Waals surface area contributed by atoms with Crippen molar-refractivity contribution >= 4 is 11.6 Å². The summed E-state index contributed by atoms with van der Waals surface area (Å²) in [4.78, 5) is 22.6. The molecule has 0 saturated carbocycles. The number of carbonyl (C=O) groups is 2. The first kappa shape index (κ1) is 13.4. The summed E-state index contributed by atoms with van der Waals surface area (Å²) >= 11 is 0. The van der Waals surface area contributed by atoms with E-state index in [1.165, 1.54) is 6.92 Å². The molecule has 0 unspecified atom stereocenters. The third-order valence-corrected chi connectivity index (χ3v) is 2.50. The van der Waals surface area contributed by atoms with E-state index in [1.54, 1.807) is 12.1 Å². The van der Waals surface area contributed by atoms with Gasteiger partial charge in [-0.1, -0.05) is 0 Å². The highest BCUT2D eigenvalue weighted by Gasteiger charge is 2.09. The number of hydrogen-bond acceptors (Lipinski definition) is 3. The van der Waals surface area contributed by atoms with Gasteiger partial charge >= 0.3 is 0 Å². The van der Waals surface area contributed by atoms with E-state index >= 15 is 0 Å². The molecule has 0 atom stereocenters. The fourth-order valence-electron chi connectivity index (χ4n) is 1.57. The molecule has 1 aromatic carbocycles. The van der Waals surface area contributed by atoms with E-state index in [9.17, 15) is 9.59 Å². The molecule has 92 valence electrons. The number of Topliss-reactive ketones (excluding diaryl/α,β-unsaturated/α-hetero) is 2. The lowest BCUT2D eigenvalue weighted by Crippen LogP contribution is -2.03. The minimum atomic E-state index is 0.00588. The molecule has 1 aromatic rings. The van der Waals surface area contributed by atoms with Gasteiger partial charge in [0, 0.05) is 18.4 Å². The van der Waals surface area contributed by atoms with Gasteiger partial charge in [-0.15, -0.1) is 0 Å². The van der Waals surface area contributed by atoms with E-state index in [4.69, 9.17) is 4.74 Å². The summed E-state index contributed by atoms with van der Waals surface area (Å²) in [5, 5.41) is 0. The average Bonchev–Trinajstić information content (AvgIpc) is 2.28. The molecule has 0 heterocycles. The minimum absolute atomic E-state index is 0.00588. The molecule has 0 N–H and O–H groups in total. The molecule has 0 radical (unpaired) electrons. The van der Waals surface area contributed by atoms with Gasteiger partial charge in [0.05, 0.1) is 6.61 Å². The Kier molecular flexibility index (Phi) is 4.88. The van der Waals surface area contributed by atoms with E-state index < -0.39 is 0 Å². The van der Waals surface area contributed by atoms with Gasteiger partial charge in [-0.3, -0.25) is 4.79 Å². The van der Waals surface area contributed by atoms with Crippen LogP contribution >= 0.6 is 0 Å². The Bertz CT molecular complexity index is 421. The summed E-state index contributed by atoms with van der Waals surface area (Å²) in [6, 6.07) is 5.37. The molecule has 0 aliphatic rings. The van der Waals surface area contributed by atoms with Crippen LogP contribution in [-0.2, 0) is 4.79 Å². The Morgan fingerprint density at radius 3 is 2.47 bits per heavy atom. The van der Waals surface area contributed by atoms with Gasteiger partial charge in [-0.05, 0) is 44.5 Å².